The highest BCUT2D eigenvalue weighted by Gasteiger charge is 2.33. The number of thioether (sulfide) groups is 1. The van der Waals surface area contributed by atoms with Gasteiger partial charge in [-0.25, -0.2) is 4.98 Å². The summed E-state index contributed by atoms with van der Waals surface area (Å²) in [6, 6.07) is 25.2. The van der Waals surface area contributed by atoms with Crippen LogP contribution in [0.15, 0.2) is 78.0 Å². The van der Waals surface area contributed by atoms with Gasteiger partial charge in [0, 0.05) is 36.6 Å². The quantitative estimate of drug-likeness (QED) is 0.227. The number of imidazole rings is 1. The largest absolute Gasteiger partial charge is 0.380 e. The van der Waals surface area contributed by atoms with Crippen molar-refractivity contribution in [3.05, 3.63) is 95.1 Å². The molecule has 1 aliphatic rings. The molecule has 1 amide bonds. The summed E-state index contributed by atoms with van der Waals surface area (Å²) in [4.78, 5) is 20.9. The molecule has 0 aliphatic carbocycles. The first-order valence-corrected chi connectivity index (χ1v) is 14.5. The Hall–Kier alpha value is -3.09. The Morgan fingerprint density at radius 3 is 2.53 bits per heavy atom. The number of rotatable bonds is 9. The van der Waals surface area contributed by atoms with Gasteiger partial charge in [-0.1, -0.05) is 71.4 Å². The third-order valence-corrected chi connectivity index (χ3v) is 8.55. The average Bonchev–Trinajstić information content (AvgIpc) is 3.25. The maximum Gasteiger partial charge on any atom is 0.254 e. The zero-order chi connectivity index (χ0) is 26.5. The monoisotopic (exact) mass is 527 g/mol. The molecule has 0 spiro atoms. The number of ether oxygens (including phenoxy) is 1. The molecular formula is C32H37N3O2S. The predicted molar refractivity (Wildman–Crippen MR) is 156 cm³/mol. The number of aromatic nitrogens is 2. The Labute approximate surface area is 230 Å². The van der Waals surface area contributed by atoms with Gasteiger partial charge in [0.2, 0.25) is 0 Å². The van der Waals surface area contributed by atoms with E-state index in [0.29, 0.717) is 18.5 Å². The van der Waals surface area contributed by atoms with Crippen molar-refractivity contribution < 1.29 is 9.53 Å². The van der Waals surface area contributed by atoms with Gasteiger partial charge in [-0.05, 0) is 69.9 Å². The van der Waals surface area contributed by atoms with E-state index < -0.39 is 0 Å². The fraction of sp³-hybridized carbons (Fsp3) is 0.375. The molecule has 0 unspecified atom stereocenters. The molecule has 5 nitrogen and oxygen atoms in total. The lowest BCUT2D eigenvalue weighted by Crippen LogP contribution is -2.48. The fourth-order valence-electron chi connectivity index (χ4n) is 5.54. The molecule has 198 valence electrons. The molecule has 1 aromatic heterocycles. The third kappa shape index (κ3) is 6.13. The Morgan fingerprint density at radius 2 is 1.76 bits per heavy atom. The van der Waals surface area contributed by atoms with Gasteiger partial charge >= 0.3 is 0 Å². The molecule has 1 saturated heterocycles. The summed E-state index contributed by atoms with van der Waals surface area (Å²) in [5, 5.41) is 1.43. The van der Waals surface area contributed by atoms with Gasteiger partial charge < -0.3 is 14.2 Å². The van der Waals surface area contributed by atoms with Gasteiger partial charge in [0.15, 0.2) is 5.16 Å². The van der Waals surface area contributed by atoms with Crippen LogP contribution in [0.5, 0.6) is 0 Å². The van der Waals surface area contributed by atoms with Crippen molar-refractivity contribution in [2.24, 2.45) is 0 Å². The highest BCUT2D eigenvalue weighted by Crippen LogP contribution is 2.36. The van der Waals surface area contributed by atoms with Crippen LogP contribution in [0.3, 0.4) is 0 Å². The Morgan fingerprint density at radius 1 is 1.03 bits per heavy atom. The minimum atomic E-state index is 0.137. The molecule has 2 atom stereocenters. The van der Waals surface area contributed by atoms with Gasteiger partial charge in [-0.2, -0.15) is 0 Å². The van der Waals surface area contributed by atoms with Crippen LogP contribution < -0.4 is 0 Å². The molecule has 0 radical (unpaired) electrons. The standard InChI is InChI=1S/C32H37N3O2S/c1-4-37-17-16-35-30-13-9-8-12-29(30)33-32(35)38-28-14-15-34(27(22-28)21-25-10-6-5-7-11-25)31(36)26-19-23(2)18-24(3)20-26/h5-13,18-20,27-28H,4,14-17,21-22H2,1-3H3/t27-,28+/m0/s1. The van der Waals surface area contributed by atoms with E-state index in [4.69, 9.17) is 9.72 Å². The van der Waals surface area contributed by atoms with Crippen LogP contribution in [0, 0.1) is 13.8 Å². The van der Waals surface area contributed by atoms with Gasteiger partial charge in [0.05, 0.1) is 17.6 Å². The van der Waals surface area contributed by atoms with E-state index in [-0.39, 0.29) is 11.9 Å². The van der Waals surface area contributed by atoms with Crippen molar-refractivity contribution in [1.29, 1.82) is 0 Å². The van der Waals surface area contributed by atoms with E-state index in [9.17, 15) is 4.79 Å². The van der Waals surface area contributed by atoms with Gasteiger partial charge in [-0.3, -0.25) is 4.79 Å². The SMILES string of the molecule is CCOCCn1c(S[C@@H]2CCN(C(=O)c3cc(C)cc(C)c3)[C@@H](Cc3ccccc3)C2)nc2ccccc21. The molecule has 38 heavy (non-hydrogen) atoms. The minimum Gasteiger partial charge on any atom is -0.380 e. The number of amides is 1. The number of likely N-dealkylation sites (tertiary alicyclic amines) is 1. The number of para-hydroxylation sites is 2. The minimum absolute atomic E-state index is 0.137. The number of nitrogens with zero attached hydrogens (tertiary/aromatic N) is 3. The van der Waals surface area contributed by atoms with Crippen molar-refractivity contribution in [1.82, 2.24) is 14.5 Å². The smallest absolute Gasteiger partial charge is 0.254 e. The summed E-state index contributed by atoms with van der Waals surface area (Å²) in [7, 11) is 0. The van der Waals surface area contributed by atoms with Crippen LogP contribution >= 0.6 is 11.8 Å². The Bertz CT molecular complexity index is 1360. The summed E-state index contributed by atoms with van der Waals surface area (Å²) in [6.07, 6.45) is 2.74. The van der Waals surface area contributed by atoms with Gasteiger partial charge in [0.1, 0.15) is 0 Å². The van der Waals surface area contributed by atoms with E-state index >= 15 is 0 Å². The molecule has 5 rings (SSSR count). The lowest BCUT2D eigenvalue weighted by Gasteiger charge is -2.39. The van der Waals surface area contributed by atoms with Crippen LogP contribution in [-0.4, -0.2) is 51.4 Å². The second kappa shape index (κ2) is 12.2. The number of carbonyl (C=O) groups is 1. The lowest BCUT2D eigenvalue weighted by molar-refractivity contribution is 0.0619. The number of carbonyl (C=O) groups excluding carboxylic acids is 1. The summed E-state index contributed by atoms with van der Waals surface area (Å²) in [5.41, 5.74) is 6.50. The molecule has 0 N–H and O–H groups in total. The Balaban J connectivity index is 1.39. The van der Waals surface area contributed by atoms with E-state index in [0.717, 1.165) is 65.2 Å². The topological polar surface area (TPSA) is 47.4 Å². The molecule has 0 saturated carbocycles. The summed E-state index contributed by atoms with van der Waals surface area (Å²) < 4.78 is 7.98. The average molecular weight is 528 g/mol. The highest BCUT2D eigenvalue weighted by molar-refractivity contribution is 7.99. The number of aryl methyl sites for hydroxylation is 2. The van der Waals surface area contributed by atoms with Crippen LogP contribution in [0.4, 0.5) is 0 Å². The Kier molecular flexibility index (Phi) is 8.50. The van der Waals surface area contributed by atoms with Crippen molar-refractivity contribution >= 4 is 28.7 Å². The summed E-state index contributed by atoms with van der Waals surface area (Å²) in [5.74, 6) is 0.144. The fourth-order valence-corrected chi connectivity index (χ4v) is 6.85. The molecule has 1 fully saturated rings. The summed E-state index contributed by atoms with van der Waals surface area (Å²) >= 11 is 1.86. The first-order valence-electron chi connectivity index (χ1n) is 13.6. The van der Waals surface area contributed by atoms with Crippen LogP contribution in [0.2, 0.25) is 0 Å². The van der Waals surface area contributed by atoms with E-state index in [2.05, 4.69) is 71.8 Å². The second-order valence-corrected chi connectivity index (χ2v) is 11.5. The van der Waals surface area contributed by atoms with Crippen LogP contribution in [-0.2, 0) is 17.7 Å². The van der Waals surface area contributed by atoms with Gasteiger partial charge in [0.25, 0.3) is 5.91 Å². The van der Waals surface area contributed by atoms with E-state index in [1.807, 2.05) is 43.0 Å². The molecule has 1 aliphatic heterocycles. The number of benzene rings is 3. The maximum absolute atomic E-state index is 13.8. The van der Waals surface area contributed by atoms with Crippen molar-refractivity contribution in [3.63, 3.8) is 0 Å². The van der Waals surface area contributed by atoms with Crippen LogP contribution in [0.25, 0.3) is 11.0 Å². The van der Waals surface area contributed by atoms with E-state index in [1.54, 1.807) is 0 Å². The number of piperidine rings is 1. The number of hydrogen-bond donors (Lipinski definition) is 0. The molecular weight excluding hydrogens is 490 g/mol. The first kappa shape index (κ1) is 26.5. The predicted octanol–water partition coefficient (Wildman–Crippen LogP) is 6.70. The summed E-state index contributed by atoms with van der Waals surface area (Å²) in [6.45, 7) is 9.07. The first-order chi connectivity index (χ1) is 18.5. The highest BCUT2D eigenvalue weighted by atomic mass is 32.2. The third-order valence-electron chi connectivity index (χ3n) is 7.27. The lowest BCUT2D eigenvalue weighted by atomic mass is 9.94. The molecule has 3 aromatic carbocycles. The van der Waals surface area contributed by atoms with Crippen molar-refractivity contribution in [2.45, 2.75) is 63.0 Å². The molecule has 6 heteroatoms. The van der Waals surface area contributed by atoms with Crippen molar-refractivity contribution in [2.75, 3.05) is 19.8 Å². The zero-order valence-corrected chi connectivity index (χ0v) is 23.4. The number of hydrogen-bond acceptors (Lipinski definition) is 4. The van der Waals surface area contributed by atoms with E-state index in [1.165, 1.54) is 5.56 Å². The van der Waals surface area contributed by atoms with Gasteiger partial charge in [-0.15, -0.1) is 0 Å². The second-order valence-electron chi connectivity index (χ2n) is 10.2. The molecule has 0 bridgehead atoms. The van der Waals surface area contributed by atoms with Crippen LogP contribution in [0.1, 0.15) is 46.8 Å². The number of fused-ring (bicyclic) bond motifs is 1. The zero-order valence-electron chi connectivity index (χ0n) is 22.6. The molecule has 2 heterocycles. The van der Waals surface area contributed by atoms with Crippen molar-refractivity contribution in [3.8, 4) is 0 Å². The normalized spacial score (nSPS) is 17.7. The molecule has 4 aromatic rings. The maximum atomic E-state index is 13.8.